The van der Waals surface area contributed by atoms with Gasteiger partial charge in [-0.3, -0.25) is 0 Å². The number of carbonyl (C=O) groups is 2. The van der Waals surface area contributed by atoms with Gasteiger partial charge < -0.3 is 14.9 Å². The molecule has 0 aromatic heterocycles. The first-order valence-electron chi connectivity index (χ1n) is 8.43. The van der Waals surface area contributed by atoms with E-state index in [-0.39, 0.29) is 0 Å². The molecule has 1 aromatic carbocycles. The molecular formula is C19H26O5. The Morgan fingerprint density at radius 3 is 2.25 bits per heavy atom. The van der Waals surface area contributed by atoms with Crippen LogP contribution in [-0.2, 0) is 9.59 Å². The zero-order valence-corrected chi connectivity index (χ0v) is 14.1. The third-order valence-electron chi connectivity index (χ3n) is 3.67. The minimum absolute atomic E-state index is 0.473. The molecule has 1 atom stereocenters. The highest BCUT2D eigenvalue weighted by Crippen LogP contribution is 2.18. The van der Waals surface area contributed by atoms with Crippen LogP contribution in [0.5, 0.6) is 5.75 Å². The Balaban J connectivity index is 2.47. The molecule has 0 amide bonds. The number of hydrogen-bond acceptors (Lipinski definition) is 3. The van der Waals surface area contributed by atoms with E-state index >= 15 is 0 Å². The van der Waals surface area contributed by atoms with Crippen molar-refractivity contribution in [3.8, 4) is 5.75 Å². The van der Waals surface area contributed by atoms with Crippen LogP contribution in [-0.4, -0.2) is 28.3 Å². The van der Waals surface area contributed by atoms with E-state index in [1.807, 2.05) is 0 Å². The van der Waals surface area contributed by atoms with Gasteiger partial charge in [0, 0.05) is 6.08 Å². The lowest BCUT2D eigenvalue weighted by Crippen LogP contribution is -2.26. The third kappa shape index (κ3) is 8.36. The SMILES string of the molecule is CCCCCCCCC(Oc1ccc(C=CC(=O)O)cc1)C(=O)O. The lowest BCUT2D eigenvalue weighted by molar-refractivity contribution is -0.145. The molecule has 1 rings (SSSR count). The molecule has 0 fully saturated rings. The quantitative estimate of drug-likeness (QED) is 0.438. The summed E-state index contributed by atoms with van der Waals surface area (Å²) in [6.07, 6.45) is 8.75. The van der Waals surface area contributed by atoms with E-state index in [1.165, 1.54) is 25.3 Å². The van der Waals surface area contributed by atoms with E-state index in [9.17, 15) is 14.7 Å². The largest absolute Gasteiger partial charge is 0.479 e. The standard InChI is InChI=1S/C19H26O5/c1-2-3-4-5-6-7-8-17(19(22)23)24-16-12-9-15(10-13-16)11-14-18(20)21/h9-14,17H,2-8H2,1H3,(H,20,21)(H,22,23). The Hall–Kier alpha value is -2.30. The van der Waals surface area contributed by atoms with Crippen LogP contribution < -0.4 is 4.74 Å². The first-order chi connectivity index (χ1) is 11.5. The topological polar surface area (TPSA) is 83.8 Å². The van der Waals surface area contributed by atoms with Crippen molar-refractivity contribution in [1.82, 2.24) is 0 Å². The second kappa shape index (κ2) is 11.3. The number of benzene rings is 1. The summed E-state index contributed by atoms with van der Waals surface area (Å²) in [4.78, 5) is 21.8. The maximum atomic E-state index is 11.3. The fourth-order valence-corrected chi connectivity index (χ4v) is 2.33. The summed E-state index contributed by atoms with van der Waals surface area (Å²) in [7, 11) is 0. The van der Waals surface area contributed by atoms with Gasteiger partial charge in [-0.25, -0.2) is 9.59 Å². The second-order valence-corrected chi connectivity index (χ2v) is 5.74. The molecule has 2 N–H and O–H groups in total. The van der Waals surface area contributed by atoms with E-state index in [1.54, 1.807) is 24.3 Å². The van der Waals surface area contributed by atoms with Crippen molar-refractivity contribution >= 4 is 18.0 Å². The summed E-state index contributed by atoms with van der Waals surface area (Å²) in [5.41, 5.74) is 0.715. The molecule has 132 valence electrons. The van der Waals surface area contributed by atoms with Gasteiger partial charge in [0.25, 0.3) is 0 Å². The number of ether oxygens (including phenoxy) is 1. The van der Waals surface area contributed by atoms with Gasteiger partial charge in [-0.2, -0.15) is 0 Å². The van der Waals surface area contributed by atoms with Gasteiger partial charge in [0.15, 0.2) is 6.10 Å². The molecule has 0 aliphatic carbocycles. The van der Waals surface area contributed by atoms with Gasteiger partial charge in [0.05, 0.1) is 0 Å². The predicted octanol–water partition coefficient (Wildman–Crippen LogP) is 4.37. The van der Waals surface area contributed by atoms with Gasteiger partial charge in [-0.05, 0) is 36.6 Å². The van der Waals surface area contributed by atoms with Crippen molar-refractivity contribution in [3.63, 3.8) is 0 Å². The summed E-state index contributed by atoms with van der Waals surface area (Å²) in [6.45, 7) is 2.16. The molecule has 5 nitrogen and oxygen atoms in total. The van der Waals surface area contributed by atoms with Crippen LogP contribution in [0.4, 0.5) is 0 Å². The maximum absolute atomic E-state index is 11.3. The Labute approximate surface area is 143 Å². The average Bonchev–Trinajstić information content (AvgIpc) is 2.56. The maximum Gasteiger partial charge on any atom is 0.344 e. The molecule has 0 radical (unpaired) electrons. The van der Waals surface area contributed by atoms with Gasteiger partial charge in [-0.1, -0.05) is 51.2 Å². The molecule has 24 heavy (non-hydrogen) atoms. The Morgan fingerprint density at radius 2 is 1.67 bits per heavy atom. The van der Waals surface area contributed by atoms with Crippen LogP contribution in [0, 0.1) is 0 Å². The van der Waals surface area contributed by atoms with E-state index in [4.69, 9.17) is 9.84 Å². The van der Waals surface area contributed by atoms with E-state index in [0.29, 0.717) is 17.7 Å². The minimum Gasteiger partial charge on any atom is -0.479 e. The molecule has 0 spiro atoms. The smallest absolute Gasteiger partial charge is 0.344 e. The van der Waals surface area contributed by atoms with Crippen molar-refractivity contribution in [2.24, 2.45) is 0 Å². The average molecular weight is 334 g/mol. The Kier molecular flexibility index (Phi) is 9.27. The zero-order chi connectivity index (χ0) is 17.8. The zero-order valence-electron chi connectivity index (χ0n) is 14.1. The normalized spacial score (nSPS) is 12.2. The number of carboxylic acids is 2. The third-order valence-corrected chi connectivity index (χ3v) is 3.67. The highest BCUT2D eigenvalue weighted by Gasteiger charge is 2.18. The van der Waals surface area contributed by atoms with Crippen LogP contribution in [0.3, 0.4) is 0 Å². The van der Waals surface area contributed by atoms with E-state index in [2.05, 4.69) is 6.92 Å². The Morgan fingerprint density at radius 1 is 1.04 bits per heavy atom. The molecule has 5 heteroatoms. The molecule has 0 bridgehead atoms. The highest BCUT2D eigenvalue weighted by molar-refractivity contribution is 5.85. The van der Waals surface area contributed by atoms with Crippen molar-refractivity contribution in [2.45, 2.75) is 58.0 Å². The van der Waals surface area contributed by atoms with Crippen molar-refractivity contribution < 1.29 is 24.5 Å². The summed E-state index contributed by atoms with van der Waals surface area (Å²) >= 11 is 0. The number of carboxylic acid groups (broad SMARTS) is 2. The summed E-state index contributed by atoms with van der Waals surface area (Å²) in [5, 5.41) is 17.9. The molecule has 0 saturated heterocycles. The summed E-state index contributed by atoms with van der Waals surface area (Å²) < 4.78 is 5.54. The first kappa shape index (κ1) is 19.7. The highest BCUT2D eigenvalue weighted by atomic mass is 16.5. The van der Waals surface area contributed by atoms with Crippen LogP contribution in [0.1, 0.15) is 57.4 Å². The van der Waals surface area contributed by atoms with Crippen molar-refractivity contribution in [3.05, 3.63) is 35.9 Å². The lowest BCUT2D eigenvalue weighted by atomic mass is 10.1. The number of hydrogen-bond donors (Lipinski definition) is 2. The van der Waals surface area contributed by atoms with Gasteiger partial charge in [0.2, 0.25) is 0 Å². The van der Waals surface area contributed by atoms with Gasteiger partial charge >= 0.3 is 11.9 Å². The molecule has 1 unspecified atom stereocenters. The van der Waals surface area contributed by atoms with Gasteiger partial charge in [0.1, 0.15) is 5.75 Å². The molecule has 0 aliphatic rings. The fourth-order valence-electron chi connectivity index (χ4n) is 2.33. The number of rotatable bonds is 12. The minimum atomic E-state index is -1.01. The van der Waals surface area contributed by atoms with Crippen LogP contribution >= 0.6 is 0 Å². The molecule has 0 heterocycles. The second-order valence-electron chi connectivity index (χ2n) is 5.74. The number of aliphatic carboxylic acids is 2. The van der Waals surface area contributed by atoms with Gasteiger partial charge in [-0.15, -0.1) is 0 Å². The molecule has 0 aliphatic heterocycles. The van der Waals surface area contributed by atoms with E-state index in [0.717, 1.165) is 25.3 Å². The molecule has 1 aromatic rings. The number of unbranched alkanes of at least 4 members (excludes halogenated alkanes) is 5. The molecular weight excluding hydrogens is 308 g/mol. The van der Waals surface area contributed by atoms with E-state index < -0.39 is 18.0 Å². The summed E-state index contributed by atoms with van der Waals surface area (Å²) in [6, 6.07) is 6.69. The fraction of sp³-hybridized carbons (Fsp3) is 0.474. The van der Waals surface area contributed by atoms with Crippen molar-refractivity contribution in [1.29, 1.82) is 0 Å². The predicted molar refractivity (Wildman–Crippen MR) is 93.2 cm³/mol. The summed E-state index contributed by atoms with van der Waals surface area (Å²) in [5.74, 6) is -1.50. The first-order valence-corrected chi connectivity index (χ1v) is 8.43. The Bertz CT molecular complexity index is 533. The van der Waals surface area contributed by atoms with Crippen molar-refractivity contribution in [2.75, 3.05) is 0 Å². The van der Waals surface area contributed by atoms with Crippen LogP contribution in [0.2, 0.25) is 0 Å². The van der Waals surface area contributed by atoms with Crippen LogP contribution in [0.25, 0.3) is 6.08 Å². The monoisotopic (exact) mass is 334 g/mol. The molecule has 0 saturated carbocycles. The lowest BCUT2D eigenvalue weighted by Gasteiger charge is -2.15. The van der Waals surface area contributed by atoms with Crippen LogP contribution in [0.15, 0.2) is 30.3 Å².